The highest BCUT2D eigenvalue weighted by Gasteiger charge is 2.28. The van der Waals surface area contributed by atoms with Crippen molar-refractivity contribution in [3.63, 3.8) is 0 Å². The zero-order valence-electron chi connectivity index (χ0n) is 18.6. The van der Waals surface area contributed by atoms with Crippen LogP contribution in [0.4, 0.5) is 11.4 Å². The number of nitrogens with zero attached hydrogens (tertiary/aromatic N) is 1. The Morgan fingerprint density at radius 1 is 1.06 bits per heavy atom. The second-order valence-corrected chi connectivity index (χ2v) is 9.68. The number of sulfonamides is 1. The fourth-order valence-electron chi connectivity index (χ4n) is 3.84. The monoisotopic (exact) mass is 466 g/mol. The van der Waals surface area contributed by atoms with Crippen molar-refractivity contribution in [2.75, 3.05) is 29.9 Å². The smallest absolute Gasteiger partial charge is 0.264 e. The van der Waals surface area contributed by atoms with Crippen molar-refractivity contribution >= 4 is 27.3 Å². The molecule has 0 radical (unpaired) electrons. The van der Waals surface area contributed by atoms with Gasteiger partial charge in [0.1, 0.15) is 11.5 Å². The lowest BCUT2D eigenvalue weighted by Crippen LogP contribution is -2.35. The number of benzene rings is 3. The molecule has 0 unspecified atom stereocenters. The molecule has 8 heteroatoms. The Labute approximate surface area is 194 Å². The van der Waals surface area contributed by atoms with E-state index in [2.05, 4.69) is 5.32 Å². The molecule has 0 saturated carbocycles. The van der Waals surface area contributed by atoms with Gasteiger partial charge in [0, 0.05) is 6.54 Å². The largest absolute Gasteiger partial charge is 0.495 e. The van der Waals surface area contributed by atoms with E-state index in [0.29, 0.717) is 23.7 Å². The number of rotatable bonds is 7. The minimum atomic E-state index is -3.69. The van der Waals surface area contributed by atoms with Gasteiger partial charge in [0.25, 0.3) is 15.9 Å². The third-order valence-electron chi connectivity index (χ3n) is 5.48. The molecule has 0 aromatic heterocycles. The molecule has 0 saturated heterocycles. The zero-order valence-corrected chi connectivity index (χ0v) is 19.4. The van der Waals surface area contributed by atoms with E-state index in [0.717, 1.165) is 29.7 Å². The SMILES string of the molecule is COc1ccc(C)cc1NC(=O)COc1ccc(S(=O)(=O)N2CCCc3ccccc32)cc1. The maximum atomic E-state index is 13.2. The summed E-state index contributed by atoms with van der Waals surface area (Å²) in [5.41, 5.74) is 3.31. The third-order valence-corrected chi connectivity index (χ3v) is 7.31. The van der Waals surface area contributed by atoms with Gasteiger partial charge in [0.2, 0.25) is 0 Å². The number of para-hydroxylation sites is 1. The molecule has 7 nitrogen and oxygen atoms in total. The number of fused-ring (bicyclic) bond motifs is 1. The fourth-order valence-corrected chi connectivity index (χ4v) is 5.38. The molecule has 1 N–H and O–H groups in total. The fraction of sp³-hybridized carbons (Fsp3) is 0.240. The molecule has 0 spiro atoms. The van der Waals surface area contributed by atoms with E-state index in [-0.39, 0.29) is 17.4 Å². The number of hydrogen-bond donors (Lipinski definition) is 1. The second kappa shape index (κ2) is 9.54. The number of carbonyl (C=O) groups is 1. The van der Waals surface area contributed by atoms with Gasteiger partial charge in [-0.1, -0.05) is 24.3 Å². The predicted molar refractivity (Wildman–Crippen MR) is 128 cm³/mol. The minimum Gasteiger partial charge on any atom is -0.495 e. The first-order chi connectivity index (χ1) is 15.9. The molecule has 1 aliphatic rings. The van der Waals surface area contributed by atoms with E-state index in [4.69, 9.17) is 9.47 Å². The zero-order chi connectivity index (χ0) is 23.4. The van der Waals surface area contributed by atoms with E-state index in [1.165, 1.54) is 23.5 Å². The lowest BCUT2D eigenvalue weighted by atomic mass is 10.0. The Kier molecular flexibility index (Phi) is 6.55. The number of nitrogens with one attached hydrogen (secondary N) is 1. The molecule has 0 fully saturated rings. The van der Waals surface area contributed by atoms with Gasteiger partial charge in [-0.2, -0.15) is 0 Å². The molecule has 1 aliphatic heterocycles. The summed E-state index contributed by atoms with van der Waals surface area (Å²) in [5.74, 6) is 0.614. The summed E-state index contributed by atoms with van der Waals surface area (Å²) in [5, 5.41) is 2.77. The van der Waals surface area contributed by atoms with Crippen LogP contribution in [0.2, 0.25) is 0 Å². The Balaban J connectivity index is 1.42. The molecule has 4 rings (SSSR count). The van der Waals surface area contributed by atoms with Gasteiger partial charge >= 0.3 is 0 Å². The van der Waals surface area contributed by atoms with Crippen LogP contribution in [0.15, 0.2) is 71.6 Å². The quantitative estimate of drug-likeness (QED) is 0.565. The van der Waals surface area contributed by atoms with E-state index in [9.17, 15) is 13.2 Å². The van der Waals surface area contributed by atoms with E-state index in [1.807, 2.05) is 43.3 Å². The van der Waals surface area contributed by atoms with E-state index < -0.39 is 10.0 Å². The number of hydrogen-bond acceptors (Lipinski definition) is 5. The third kappa shape index (κ3) is 4.96. The predicted octanol–water partition coefficient (Wildman–Crippen LogP) is 4.16. The number of anilines is 2. The Bertz CT molecular complexity index is 1260. The Morgan fingerprint density at radius 3 is 2.58 bits per heavy atom. The Hall–Kier alpha value is -3.52. The normalized spacial score (nSPS) is 13.2. The number of amides is 1. The topological polar surface area (TPSA) is 84.9 Å². The van der Waals surface area contributed by atoms with Gasteiger partial charge in [-0.3, -0.25) is 9.10 Å². The highest BCUT2D eigenvalue weighted by Crippen LogP contribution is 2.32. The van der Waals surface area contributed by atoms with Crippen LogP contribution < -0.4 is 19.1 Å². The van der Waals surface area contributed by atoms with Crippen LogP contribution in [0.1, 0.15) is 17.5 Å². The first-order valence-electron chi connectivity index (χ1n) is 10.7. The van der Waals surface area contributed by atoms with Gasteiger partial charge in [0.05, 0.1) is 23.4 Å². The first-order valence-corrected chi connectivity index (χ1v) is 12.1. The molecule has 1 heterocycles. The first kappa shape index (κ1) is 22.7. The van der Waals surface area contributed by atoms with Gasteiger partial charge in [-0.25, -0.2) is 8.42 Å². The van der Waals surface area contributed by atoms with Crippen molar-refractivity contribution in [1.82, 2.24) is 0 Å². The van der Waals surface area contributed by atoms with Crippen molar-refractivity contribution in [3.8, 4) is 11.5 Å². The maximum Gasteiger partial charge on any atom is 0.264 e. The van der Waals surface area contributed by atoms with Crippen molar-refractivity contribution < 1.29 is 22.7 Å². The summed E-state index contributed by atoms with van der Waals surface area (Å²) in [6, 6.07) is 19.2. The van der Waals surface area contributed by atoms with Crippen molar-refractivity contribution in [1.29, 1.82) is 0 Å². The molecular weight excluding hydrogens is 440 g/mol. The lowest BCUT2D eigenvalue weighted by molar-refractivity contribution is -0.118. The summed E-state index contributed by atoms with van der Waals surface area (Å²) >= 11 is 0. The van der Waals surface area contributed by atoms with Crippen LogP contribution in [-0.4, -0.2) is 34.6 Å². The number of methoxy groups -OCH3 is 1. The summed E-state index contributed by atoms with van der Waals surface area (Å²) in [7, 11) is -2.15. The highest BCUT2D eigenvalue weighted by molar-refractivity contribution is 7.92. The number of ether oxygens (including phenoxy) is 2. The molecule has 172 valence electrons. The van der Waals surface area contributed by atoms with Crippen LogP contribution in [0.25, 0.3) is 0 Å². The van der Waals surface area contributed by atoms with E-state index in [1.54, 1.807) is 18.2 Å². The second-order valence-electron chi connectivity index (χ2n) is 7.82. The van der Waals surface area contributed by atoms with Crippen molar-refractivity contribution in [3.05, 3.63) is 77.9 Å². The van der Waals surface area contributed by atoms with Crippen LogP contribution >= 0.6 is 0 Å². The molecule has 1 amide bonds. The van der Waals surface area contributed by atoms with Crippen LogP contribution in [-0.2, 0) is 21.2 Å². The Morgan fingerprint density at radius 2 is 1.82 bits per heavy atom. The van der Waals surface area contributed by atoms with Crippen LogP contribution in [0.5, 0.6) is 11.5 Å². The summed E-state index contributed by atoms with van der Waals surface area (Å²) in [6.07, 6.45) is 1.64. The average Bonchev–Trinajstić information content (AvgIpc) is 2.83. The van der Waals surface area contributed by atoms with Crippen LogP contribution in [0.3, 0.4) is 0 Å². The van der Waals surface area contributed by atoms with Gasteiger partial charge in [-0.15, -0.1) is 0 Å². The summed E-state index contributed by atoms with van der Waals surface area (Å²) in [4.78, 5) is 12.5. The molecule has 3 aromatic rings. The van der Waals surface area contributed by atoms with Crippen LogP contribution in [0, 0.1) is 6.92 Å². The molecule has 33 heavy (non-hydrogen) atoms. The lowest BCUT2D eigenvalue weighted by Gasteiger charge is -2.30. The number of carbonyl (C=O) groups excluding carboxylic acids is 1. The van der Waals surface area contributed by atoms with Gasteiger partial charge in [0.15, 0.2) is 6.61 Å². The number of aryl methyl sites for hydroxylation is 2. The molecular formula is C25H26N2O5S. The van der Waals surface area contributed by atoms with E-state index >= 15 is 0 Å². The molecule has 0 atom stereocenters. The van der Waals surface area contributed by atoms with Gasteiger partial charge < -0.3 is 14.8 Å². The maximum absolute atomic E-state index is 13.2. The average molecular weight is 467 g/mol. The van der Waals surface area contributed by atoms with Crippen molar-refractivity contribution in [2.24, 2.45) is 0 Å². The minimum absolute atomic E-state index is 0.181. The molecule has 3 aromatic carbocycles. The van der Waals surface area contributed by atoms with Gasteiger partial charge in [-0.05, 0) is 73.4 Å². The molecule has 0 bridgehead atoms. The summed E-state index contributed by atoms with van der Waals surface area (Å²) in [6.45, 7) is 2.15. The molecule has 0 aliphatic carbocycles. The standard InChI is InChI=1S/C25H26N2O5S/c1-18-9-14-24(31-2)22(16-18)26-25(28)17-32-20-10-12-21(13-11-20)33(29,30)27-15-5-7-19-6-3-4-8-23(19)27/h3-4,6,8-14,16H,5,7,15,17H2,1-2H3,(H,26,28). The van der Waals surface area contributed by atoms with Crippen molar-refractivity contribution in [2.45, 2.75) is 24.7 Å². The highest BCUT2D eigenvalue weighted by atomic mass is 32.2. The summed E-state index contributed by atoms with van der Waals surface area (Å²) < 4.78 is 38.7.